The van der Waals surface area contributed by atoms with Crippen LogP contribution in [0.2, 0.25) is 5.02 Å². The van der Waals surface area contributed by atoms with Crippen molar-refractivity contribution < 1.29 is 9.84 Å². The number of nitrogens with zero attached hydrogens (tertiary/aromatic N) is 2. The fraction of sp³-hybridized carbons (Fsp3) is 0.0909. The molecule has 0 saturated heterocycles. The lowest BCUT2D eigenvalue weighted by atomic mass is 10.1. The normalized spacial score (nSPS) is 10.1. The molecule has 0 spiro atoms. The summed E-state index contributed by atoms with van der Waals surface area (Å²) in [6.07, 6.45) is 1.48. The van der Waals surface area contributed by atoms with E-state index in [9.17, 15) is 5.11 Å². The van der Waals surface area contributed by atoms with Gasteiger partial charge in [0.1, 0.15) is 5.75 Å². The van der Waals surface area contributed by atoms with Gasteiger partial charge in [-0.05, 0) is 24.3 Å². The minimum atomic E-state index is 0.195. The van der Waals surface area contributed by atoms with Gasteiger partial charge in [-0.2, -0.15) is 4.98 Å². The molecule has 0 saturated carbocycles. The van der Waals surface area contributed by atoms with Gasteiger partial charge in [0.05, 0.1) is 24.0 Å². The summed E-state index contributed by atoms with van der Waals surface area (Å²) in [5, 5.41) is 9.62. The molecular formula is C11H9ClN2O2. The summed E-state index contributed by atoms with van der Waals surface area (Å²) in [5.74, 6) is 0.195. The summed E-state index contributed by atoms with van der Waals surface area (Å²) in [6.45, 7) is 0. The van der Waals surface area contributed by atoms with E-state index < -0.39 is 0 Å². The smallest absolute Gasteiger partial charge is 0.316 e. The number of methoxy groups -OCH3 is 1. The van der Waals surface area contributed by atoms with E-state index in [1.54, 1.807) is 24.3 Å². The molecule has 0 bridgehead atoms. The van der Waals surface area contributed by atoms with Crippen molar-refractivity contribution in [2.75, 3.05) is 7.11 Å². The van der Waals surface area contributed by atoms with Crippen molar-refractivity contribution >= 4 is 11.6 Å². The van der Waals surface area contributed by atoms with Crippen molar-refractivity contribution in [1.29, 1.82) is 0 Å². The first-order valence-corrected chi connectivity index (χ1v) is 4.94. The number of halogens is 1. The standard InChI is InChI=1S/C11H9ClN2O2/c1-16-11-13-6-9(12)10(14-11)7-2-4-8(15)5-3-7/h2-6,15H,1H3. The first-order chi connectivity index (χ1) is 7.70. The Balaban J connectivity index is 2.50. The van der Waals surface area contributed by atoms with Gasteiger partial charge in [0.15, 0.2) is 0 Å². The quantitative estimate of drug-likeness (QED) is 0.871. The van der Waals surface area contributed by atoms with Gasteiger partial charge < -0.3 is 9.84 Å². The molecular weight excluding hydrogens is 228 g/mol. The molecule has 1 heterocycles. The maximum absolute atomic E-state index is 9.18. The Morgan fingerprint density at radius 3 is 2.56 bits per heavy atom. The van der Waals surface area contributed by atoms with Gasteiger partial charge in [-0.1, -0.05) is 11.6 Å². The zero-order chi connectivity index (χ0) is 11.5. The summed E-state index contributed by atoms with van der Waals surface area (Å²) in [4.78, 5) is 8.03. The summed E-state index contributed by atoms with van der Waals surface area (Å²) < 4.78 is 4.92. The third-order valence-corrected chi connectivity index (χ3v) is 2.32. The van der Waals surface area contributed by atoms with Crippen molar-refractivity contribution in [3.63, 3.8) is 0 Å². The predicted octanol–water partition coefficient (Wildman–Crippen LogP) is 2.51. The van der Waals surface area contributed by atoms with E-state index in [0.29, 0.717) is 10.7 Å². The molecule has 0 unspecified atom stereocenters. The van der Waals surface area contributed by atoms with E-state index in [0.717, 1.165) is 5.56 Å². The molecule has 5 heteroatoms. The number of phenols is 1. The number of ether oxygens (including phenoxy) is 1. The zero-order valence-electron chi connectivity index (χ0n) is 8.51. The highest BCUT2D eigenvalue weighted by Gasteiger charge is 2.08. The Hall–Kier alpha value is -1.81. The number of benzene rings is 1. The van der Waals surface area contributed by atoms with Crippen LogP contribution >= 0.6 is 11.6 Å². The Labute approximate surface area is 97.5 Å². The van der Waals surface area contributed by atoms with Crippen LogP contribution in [0.1, 0.15) is 0 Å². The van der Waals surface area contributed by atoms with E-state index in [4.69, 9.17) is 16.3 Å². The van der Waals surface area contributed by atoms with E-state index in [1.807, 2.05) is 0 Å². The van der Waals surface area contributed by atoms with Crippen LogP contribution in [0, 0.1) is 0 Å². The van der Waals surface area contributed by atoms with Gasteiger partial charge in [0.2, 0.25) is 0 Å². The molecule has 0 amide bonds. The molecule has 2 aromatic rings. The molecule has 1 aromatic heterocycles. The van der Waals surface area contributed by atoms with Crippen LogP contribution in [0.3, 0.4) is 0 Å². The lowest BCUT2D eigenvalue weighted by molar-refractivity contribution is 0.380. The minimum absolute atomic E-state index is 0.195. The average Bonchev–Trinajstić information content (AvgIpc) is 2.31. The number of aromatic nitrogens is 2. The highest BCUT2D eigenvalue weighted by atomic mass is 35.5. The van der Waals surface area contributed by atoms with Crippen LogP contribution in [-0.4, -0.2) is 22.2 Å². The van der Waals surface area contributed by atoms with Crippen molar-refractivity contribution in [1.82, 2.24) is 9.97 Å². The van der Waals surface area contributed by atoms with Crippen LogP contribution in [0.25, 0.3) is 11.3 Å². The molecule has 1 N–H and O–H groups in total. The molecule has 1 aromatic carbocycles. The highest BCUT2D eigenvalue weighted by Crippen LogP contribution is 2.27. The number of phenolic OH excluding ortho intramolecular Hbond substituents is 1. The van der Waals surface area contributed by atoms with Crippen LogP contribution < -0.4 is 4.74 Å². The molecule has 2 rings (SSSR count). The predicted molar refractivity (Wildman–Crippen MR) is 60.7 cm³/mol. The summed E-state index contributed by atoms with van der Waals surface area (Å²) in [7, 11) is 1.49. The summed E-state index contributed by atoms with van der Waals surface area (Å²) in [5.41, 5.74) is 1.37. The lowest BCUT2D eigenvalue weighted by Gasteiger charge is -2.05. The van der Waals surface area contributed by atoms with Gasteiger partial charge in [0, 0.05) is 5.56 Å². The molecule has 0 aliphatic carbocycles. The van der Waals surface area contributed by atoms with Gasteiger partial charge in [0.25, 0.3) is 0 Å². The Morgan fingerprint density at radius 1 is 1.25 bits per heavy atom. The number of hydrogen-bond donors (Lipinski definition) is 1. The second kappa shape index (κ2) is 4.37. The maximum atomic E-state index is 9.18. The van der Waals surface area contributed by atoms with Gasteiger partial charge in [-0.15, -0.1) is 0 Å². The van der Waals surface area contributed by atoms with Crippen molar-refractivity contribution in [3.05, 3.63) is 35.5 Å². The van der Waals surface area contributed by atoms with Crippen molar-refractivity contribution in [2.24, 2.45) is 0 Å². The molecule has 0 radical (unpaired) electrons. The van der Waals surface area contributed by atoms with Crippen LogP contribution in [-0.2, 0) is 0 Å². The topological polar surface area (TPSA) is 55.2 Å². The van der Waals surface area contributed by atoms with Gasteiger partial charge in [-0.3, -0.25) is 0 Å². The van der Waals surface area contributed by atoms with Crippen molar-refractivity contribution in [2.45, 2.75) is 0 Å². The van der Waals surface area contributed by atoms with Crippen molar-refractivity contribution in [3.8, 4) is 23.0 Å². The highest BCUT2D eigenvalue weighted by molar-refractivity contribution is 6.32. The molecule has 0 atom stereocenters. The molecule has 0 aliphatic heterocycles. The van der Waals surface area contributed by atoms with E-state index in [-0.39, 0.29) is 11.8 Å². The minimum Gasteiger partial charge on any atom is -0.508 e. The zero-order valence-corrected chi connectivity index (χ0v) is 9.27. The fourth-order valence-corrected chi connectivity index (χ4v) is 1.47. The third kappa shape index (κ3) is 2.06. The third-order valence-electron chi connectivity index (χ3n) is 2.05. The number of aromatic hydroxyl groups is 1. The Bertz CT molecular complexity index is 500. The largest absolute Gasteiger partial charge is 0.508 e. The Morgan fingerprint density at radius 2 is 1.94 bits per heavy atom. The van der Waals surface area contributed by atoms with E-state index in [2.05, 4.69) is 9.97 Å². The van der Waals surface area contributed by atoms with E-state index >= 15 is 0 Å². The first kappa shape index (κ1) is 10.7. The maximum Gasteiger partial charge on any atom is 0.316 e. The van der Waals surface area contributed by atoms with E-state index in [1.165, 1.54) is 13.3 Å². The molecule has 82 valence electrons. The fourth-order valence-electron chi connectivity index (χ4n) is 1.27. The van der Waals surface area contributed by atoms with Crippen LogP contribution in [0.5, 0.6) is 11.8 Å². The molecule has 0 fully saturated rings. The SMILES string of the molecule is COc1ncc(Cl)c(-c2ccc(O)cc2)n1. The second-order valence-corrected chi connectivity index (χ2v) is 3.51. The Kier molecular flexibility index (Phi) is 2.92. The van der Waals surface area contributed by atoms with Crippen LogP contribution in [0.15, 0.2) is 30.5 Å². The van der Waals surface area contributed by atoms with Gasteiger partial charge in [-0.25, -0.2) is 4.98 Å². The molecule has 16 heavy (non-hydrogen) atoms. The first-order valence-electron chi connectivity index (χ1n) is 4.56. The molecule has 0 aliphatic rings. The van der Waals surface area contributed by atoms with Gasteiger partial charge >= 0.3 is 6.01 Å². The average molecular weight is 237 g/mol. The number of hydrogen-bond acceptors (Lipinski definition) is 4. The summed E-state index contributed by atoms with van der Waals surface area (Å²) in [6, 6.07) is 6.85. The van der Waals surface area contributed by atoms with Crippen LogP contribution in [0.4, 0.5) is 0 Å². The number of rotatable bonds is 2. The molecule has 4 nitrogen and oxygen atoms in total. The lowest BCUT2D eigenvalue weighted by Crippen LogP contribution is -1.94. The monoisotopic (exact) mass is 236 g/mol. The summed E-state index contributed by atoms with van der Waals surface area (Å²) >= 11 is 5.98. The second-order valence-electron chi connectivity index (χ2n) is 3.10.